The van der Waals surface area contributed by atoms with E-state index in [1.165, 1.54) is 29.7 Å². The monoisotopic (exact) mass is 355 g/mol. The summed E-state index contributed by atoms with van der Waals surface area (Å²) in [6, 6.07) is 6.04. The summed E-state index contributed by atoms with van der Waals surface area (Å²) in [5, 5.41) is 6.27. The van der Waals surface area contributed by atoms with Crippen LogP contribution in [0.3, 0.4) is 0 Å². The third kappa shape index (κ3) is 5.92. The van der Waals surface area contributed by atoms with Crippen molar-refractivity contribution < 1.29 is 23.0 Å². The Balaban J connectivity index is 1.85. The molecular weight excluding hydrogens is 340 g/mol. The van der Waals surface area contributed by atoms with Gasteiger partial charge in [-0.05, 0) is 36.8 Å². The Morgan fingerprint density at radius 2 is 2.17 bits per heavy atom. The second kappa shape index (κ2) is 8.92. The van der Waals surface area contributed by atoms with Gasteiger partial charge in [0.1, 0.15) is 5.75 Å². The summed E-state index contributed by atoms with van der Waals surface area (Å²) in [6.07, 6.45) is 1.62. The van der Waals surface area contributed by atoms with E-state index in [0.29, 0.717) is 23.0 Å². The van der Waals surface area contributed by atoms with E-state index in [2.05, 4.69) is 20.2 Å². The molecule has 9 heteroatoms. The van der Waals surface area contributed by atoms with Crippen LogP contribution in [0.15, 0.2) is 34.7 Å². The van der Waals surface area contributed by atoms with E-state index >= 15 is 0 Å². The Kier molecular flexibility index (Phi) is 6.62. The Morgan fingerprint density at radius 3 is 2.83 bits per heavy atom. The van der Waals surface area contributed by atoms with E-state index in [1.54, 1.807) is 24.4 Å². The molecule has 1 N–H and O–H groups in total. The van der Waals surface area contributed by atoms with Crippen LogP contribution in [0.1, 0.15) is 18.2 Å². The Morgan fingerprint density at radius 1 is 1.42 bits per heavy atom. The smallest absolute Gasteiger partial charge is 0.387 e. The van der Waals surface area contributed by atoms with Crippen molar-refractivity contribution in [3.63, 3.8) is 0 Å². The van der Waals surface area contributed by atoms with Gasteiger partial charge in [0, 0.05) is 5.38 Å². The van der Waals surface area contributed by atoms with E-state index in [1.807, 2.05) is 0 Å². The number of carbonyl (C=O) groups is 1. The van der Waals surface area contributed by atoms with Crippen LogP contribution in [0.2, 0.25) is 0 Å². The lowest BCUT2D eigenvalue weighted by molar-refractivity contribution is -0.142. The quantitative estimate of drug-likeness (QED) is 0.447. The van der Waals surface area contributed by atoms with Gasteiger partial charge in [-0.1, -0.05) is 0 Å². The molecule has 1 aromatic heterocycles. The number of ether oxygens (including phenoxy) is 2. The standard InChI is InChI=1S/C15H15F2N3O3S/c1-2-22-13(21)7-11-9-24-15(19-11)20-18-8-10-3-5-12(6-4-10)23-14(16)17/h3-6,8-9,14H,2,7H2,1H3,(H,19,20). The maximum Gasteiger partial charge on any atom is 0.387 e. The largest absolute Gasteiger partial charge is 0.466 e. The highest BCUT2D eigenvalue weighted by molar-refractivity contribution is 7.13. The molecule has 0 aliphatic heterocycles. The predicted octanol–water partition coefficient (Wildman–Crippen LogP) is 3.30. The maximum absolute atomic E-state index is 12.0. The molecule has 24 heavy (non-hydrogen) atoms. The molecule has 0 aliphatic rings. The van der Waals surface area contributed by atoms with Crippen LogP contribution in [0.5, 0.6) is 5.75 Å². The second-order valence-electron chi connectivity index (χ2n) is 4.44. The van der Waals surface area contributed by atoms with Gasteiger partial charge in [0.25, 0.3) is 0 Å². The van der Waals surface area contributed by atoms with Gasteiger partial charge in [0.05, 0.1) is 24.9 Å². The number of halogens is 2. The number of rotatable bonds is 8. The highest BCUT2D eigenvalue weighted by Gasteiger charge is 2.08. The molecule has 0 atom stereocenters. The fourth-order valence-corrected chi connectivity index (χ4v) is 2.36. The lowest BCUT2D eigenvalue weighted by atomic mass is 10.2. The van der Waals surface area contributed by atoms with Crippen LogP contribution >= 0.6 is 11.3 Å². The average Bonchev–Trinajstić information content (AvgIpc) is 2.96. The summed E-state index contributed by atoms with van der Waals surface area (Å²) in [6.45, 7) is -0.772. The molecule has 1 aromatic carbocycles. The van der Waals surface area contributed by atoms with Crippen molar-refractivity contribution in [1.82, 2.24) is 4.98 Å². The Labute approximate surface area is 141 Å². The van der Waals surface area contributed by atoms with Gasteiger partial charge in [0.2, 0.25) is 5.13 Å². The summed E-state index contributed by atoms with van der Waals surface area (Å²) >= 11 is 1.31. The summed E-state index contributed by atoms with van der Waals surface area (Å²) in [7, 11) is 0. The molecule has 0 aliphatic carbocycles. The number of hydrazone groups is 1. The van der Waals surface area contributed by atoms with Crippen molar-refractivity contribution in [2.45, 2.75) is 20.0 Å². The molecule has 0 radical (unpaired) electrons. The van der Waals surface area contributed by atoms with E-state index in [0.717, 1.165) is 0 Å². The molecule has 2 aromatic rings. The number of hydrogen-bond acceptors (Lipinski definition) is 7. The number of thiazole rings is 1. The van der Waals surface area contributed by atoms with Crippen molar-refractivity contribution >= 4 is 28.7 Å². The van der Waals surface area contributed by atoms with Gasteiger partial charge < -0.3 is 9.47 Å². The number of esters is 1. The number of benzene rings is 1. The first kappa shape index (κ1) is 17.8. The van der Waals surface area contributed by atoms with Crippen molar-refractivity contribution in [2.75, 3.05) is 12.0 Å². The predicted molar refractivity (Wildman–Crippen MR) is 86.7 cm³/mol. The summed E-state index contributed by atoms with van der Waals surface area (Å²) in [5.41, 5.74) is 4.04. The fraction of sp³-hybridized carbons (Fsp3) is 0.267. The summed E-state index contributed by atoms with van der Waals surface area (Å²) in [4.78, 5) is 15.6. The van der Waals surface area contributed by atoms with Gasteiger partial charge in [-0.25, -0.2) is 4.98 Å². The van der Waals surface area contributed by atoms with Crippen LogP contribution in [0, 0.1) is 0 Å². The van der Waals surface area contributed by atoms with Gasteiger partial charge in [0.15, 0.2) is 0 Å². The van der Waals surface area contributed by atoms with Crippen LogP contribution < -0.4 is 10.2 Å². The normalized spacial score (nSPS) is 11.0. The minimum atomic E-state index is -2.85. The molecule has 128 valence electrons. The molecule has 0 bridgehead atoms. The first-order chi connectivity index (χ1) is 11.6. The van der Waals surface area contributed by atoms with Gasteiger partial charge in [-0.3, -0.25) is 10.2 Å². The number of alkyl halides is 2. The van der Waals surface area contributed by atoms with E-state index < -0.39 is 6.61 Å². The van der Waals surface area contributed by atoms with Gasteiger partial charge in [-0.15, -0.1) is 11.3 Å². The molecule has 0 fully saturated rings. The number of nitrogens with one attached hydrogen (secondary N) is 1. The second-order valence-corrected chi connectivity index (χ2v) is 5.30. The van der Waals surface area contributed by atoms with Gasteiger partial charge in [-0.2, -0.15) is 13.9 Å². The number of carbonyl (C=O) groups excluding carboxylic acids is 1. The van der Waals surface area contributed by atoms with Crippen molar-refractivity contribution in [3.05, 3.63) is 40.9 Å². The highest BCUT2D eigenvalue weighted by Crippen LogP contribution is 2.16. The van der Waals surface area contributed by atoms with Gasteiger partial charge >= 0.3 is 12.6 Å². The van der Waals surface area contributed by atoms with Crippen molar-refractivity contribution in [3.8, 4) is 5.75 Å². The molecule has 6 nitrogen and oxygen atoms in total. The van der Waals surface area contributed by atoms with Crippen LogP contribution in [0.4, 0.5) is 13.9 Å². The molecule has 0 saturated heterocycles. The molecule has 2 rings (SSSR count). The summed E-state index contributed by atoms with van der Waals surface area (Å²) in [5.74, 6) is -0.248. The van der Waals surface area contributed by atoms with E-state index in [4.69, 9.17) is 4.74 Å². The van der Waals surface area contributed by atoms with Crippen LogP contribution in [-0.4, -0.2) is 30.4 Å². The number of hydrogen-bond donors (Lipinski definition) is 1. The Bertz CT molecular complexity index is 690. The van der Waals surface area contributed by atoms with E-state index in [-0.39, 0.29) is 18.1 Å². The lowest BCUT2D eigenvalue weighted by Gasteiger charge is -2.03. The minimum Gasteiger partial charge on any atom is -0.466 e. The summed E-state index contributed by atoms with van der Waals surface area (Å²) < 4.78 is 33.2. The first-order valence-corrected chi connectivity index (χ1v) is 7.88. The molecule has 0 spiro atoms. The molecule has 1 heterocycles. The first-order valence-electron chi connectivity index (χ1n) is 7.00. The molecule has 0 unspecified atom stereocenters. The number of anilines is 1. The average molecular weight is 355 g/mol. The Hall–Kier alpha value is -2.55. The van der Waals surface area contributed by atoms with E-state index in [9.17, 15) is 13.6 Å². The topological polar surface area (TPSA) is 72.8 Å². The minimum absolute atomic E-state index is 0.0821. The lowest BCUT2D eigenvalue weighted by Crippen LogP contribution is -2.07. The number of nitrogens with zero attached hydrogens (tertiary/aromatic N) is 2. The number of aromatic nitrogens is 1. The third-order valence-electron chi connectivity index (χ3n) is 2.66. The SMILES string of the molecule is CCOC(=O)Cc1csc(NN=Cc2ccc(OC(F)F)cc2)n1. The fourth-order valence-electron chi connectivity index (χ4n) is 1.70. The van der Waals surface area contributed by atoms with Crippen molar-refractivity contribution in [2.24, 2.45) is 5.10 Å². The van der Waals surface area contributed by atoms with Crippen molar-refractivity contribution in [1.29, 1.82) is 0 Å². The third-order valence-corrected chi connectivity index (χ3v) is 3.46. The van der Waals surface area contributed by atoms with Crippen LogP contribution in [0.25, 0.3) is 0 Å². The molecule has 0 saturated carbocycles. The molecular formula is C15H15F2N3O3S. The molecule has 0 amide bonds. The maximum atomic E-state index is 12.0. The van der Waals surface area contributed by atoms with Crippen LogP contribution in [-0.2, 0) is 16.0 Å². The highest BCUT2D eigenvalue weighted by atomic mass is 32.1. The zero-order chi connectivity index (χ0) is 17.4. The zero-order valence-electron chi connectivity index (χ0n) is 12.7. The zero-order valence-corrected chi connectivity index (χ0v) is 13.6.